The highest BCUT2D eigenvalue weighted by molar-refractivity contribution is 7.07. The molecule has 142 valence electrons. The van der Waals surface area contributed by atoms with Gasteiger partial charge < -0.3 is 14.2 Å². The van der Waals surface area contributed by atoms with Gasteiger partial charge in [-0.3, -0.25) is 25.2 Å². The molecule has 8 nitrogen and oxygen atoms in total. The first-order chi connectivity index (χ1) is 13.1. The molecule has 2 aromatic rings. The van der Waals surface area contributed by atoms with Crippen LogP contribution < -0.4 is 20.3 Å². The lowest BCUT2D eigenvalue weighted by molar-refractivity contribution is -0.149. The van der Waals surface area contributed by atoms with E-state index < -0.39 is 30.5 Å². The Labute approximate surface area is 159 Å². The molecular weight excluding hydrogens is 372 g/mol. The van der Waals surface area contributed by atoms with Gasteiger partial charge in [0.1, 0.15) is 6.61 Å². The number of hydrogen-bond donors (Lipinski definition) is 2. The van der Waals surface area contributed by atoms with Crippen molar-refractivity contribution in [3.05, 3.63) is 46.7 Å². The first kappa shape index (κ1) is 18.7. The van der Waals surface area contributed by atoms with Gasteiger partial charge in [-0.1, -0.05) is 12.1 Å². The Hall–Kier alpha value is -3.07. The molecule has 1 aromatic heterocycles. The lowest BCUT2D eigenvalue weighted by atomic mass is 10.2. The van der Waals surface area contributed by atoms with Gasteiger partial charge >= 0.3 is 5.97 Å². The van der Waals surface area contributed by atoms with E-state index in [9.17, 15) is 14.4 Å². The molecule has 1 aromatic carbocycles. The van der Waals surface area contributed by atoms with Crippen molar-refractivity contribution in [2.45, 2.75) is 18.9 Å². The predicted molar refractivity (Wildman–Crippen MR) is 96.2 cm³/mol. The van der Waals surface area contributed by atoms with E-state index in [1.54, 1.807) is 35.6 Å². The molecule has 0 saturated heterocycles. The summed E-state index contributed by atoms with van der Waals surface area (Å²) < 4.78 is 15.8. The molecule has 2 heterocycles. The minimum Gasteiger partial charge on any atom is -0.485 e. The van der Waals surface area contributed by atoms with Crippen LogP contribution in [0.25, 0.3) is 0 Å². The molecule has 0 saturated carbocycles. The Morgan fingerprint density at radius 1 is 1.15 bits per heavy atom. The number of ether oxygens (including phenoxy) is 3. The topological polar surface area (TPSA) is 103 Å². The number of aryl methyl sites for hydroxylation is 1. The number of benzene rings is 1. The second kappa shape index (κ2) is 9.04. The van der Waals surface area contributed by atoms with Gasteiger partial charge in [0.05, 0.1) is 0 Å². The van der Waals surface area contributed by atoms with Crippen LogP contribution >= 0.6 is 11.3 Å². The number of esters is 1. The summed E-state index contributed by atoms with van der Waals surface area (Å²) in [6.07, 6.45) is -0.155. The fourth-order valence-electron chi connectivity index (χ4n) is 2.30. The van der Waals surface area contributed by atoms with E-state index in [0.717, 1.165) is 5.56 Å². The van der Waals surface area contributed by atoms with Gasteiger partial charge in [0.25, 0.3) is 11.8 Å². The third-order valence-electron chi connectivity index (χ3n) is 3.69. The quantitative estimate of drug-likeness (QED) is 0.568. The molecule has 1 aliphatic heterocycles. The molecule has 0 radical (unpaired) electrons. The van der Waals surface area contributed by atoms with Crippen molar-refractivity contribution >= 4 is 29.1 Å². The van der Waals surface area contributed by atoms with Crippen molar-refractivity contribution in [2.24, 2.45) is 0 Å². The molecule has 1 unspecified atom stereocenters. The molecule has 3 rings (SSSR count). The Kier molecular flexibility index (Phi) is 6.26. The number of hydrogen-bond acceptors (Lipinski definition) is 7. The van der Waals surface area contributed by atoms with Crippen molar-refractivity contribution in [3.8, 4) is 11.5 Å². The summed E-state index contributed by atoms with van der Waals surface area (Å²) in [5, 5.41) is 3.88. The first-order valence-electron chi connectivity index (χ1n) is 8.25. The Balaban J connectivity index is 1.34. The molecule has 0 bridgehead atoms. The van der Waals surface area contributed by atoms with Crippen LogP contribution in [0.4, 0.5) is 0 Å². The van der Waals surface area contributed by atoms with Crippen LogP contribution in [0.2, 0.25) is 0 Å². The van der Waals surface area contributed by atoms with Crippen LogP contribution in [-0.4, -0.2) is 37.1 Å². The molecule has 0 fully saturated rings. The number of amides is 2. The number of carbonyl (C=O) groups excluding carboxylic acids is 3. The molecule has 9 heteroatoms. The standard InChI is InChI=1S/C18H18N2O6S/c21-16(10-25-17(22)6-5-12-7-8-27-11-12)19-20-18(23)15-9-24-13-3-1-2-4-14(13)26-15/h1-4,7-8,11,15H,5-6,9-10H2,(H,19,21)(H,20,23). The summed E-state index contributed by atoms with van der Waals surface area (Å²) in [5.74, 6) is -0.691. The highest BCUT2D eigenvalue weighted by atomic mass is 32.1. The molecule has 0 spiro atoms. The number of fused-ring (bicyclic) bond motifs is 1. The second-order valence-electron chi connectivity index (χ2n) is 5.69. The lowest BCUT2D eigenvalue weighted by Crippen LogP contribution is -2.51. The third kappa shape index (κ3) is 5.45. The minimum atomic E-state index is -0.895. The van der Waals surface area contributed by atoms with Crippen molar-refractivity contribution in [2.75, 3.05) is 13.2 Å². The van der Waals surface area contributed by atoms with E-state index in [4.69, 9.17) is 14.2 Å². The maximum Gasteiger partial charge on any atom is 0.306 e. The molecule has 0 aliphatic carbocycles. The van der Waals surface area contributed by atoms with Crippen LogP contribution in [0.15, 0.2) is 41.1 Å². The van der Waals surface area contributed by atoms with Crippen LogP contribution in [0.1, 0.15) is 12.0 Å². The average Bonchev–Trinajstić information content (AvgIpc) is 3.22. The van der Waals surface area contributed by atoms with Gasteiger partial charge in [-0.05, 0) is 40.9 Å². The summed E-state index contributed by atoms with van der Waals surface area (Å²) in [6, 6.07) is 8.90. The highest BCUT2D eigenvalue weighted by Crippen LogP contribution is 2.30. The molecule has 1 atom stereocenters. The summed E-state index contributed by atoms with van der Waals surface area (Å²) in [7, 11) is 0. The SMILES string of the molecule is O=C(COC(=O)CCc1ccsc1)NNC(=O)C1COc2ccccc2O1. The lowest BCUT2D eigenvalue weighted by Gasteiger charge is -2.25. The number of para-hydroxylation sites is 2. The smallest absolute Gasteiger partial charge is 0.306 e. The number of hydrazine groups is 1. The van der Waals surface area contributed by atoms with Crippen molar-refractivity contribution < 1.29 is 28.6 Å². The van der Waals surface area contributed by atoms with Crippen LogP contribution in [0.3, 0.4) is 0 Å². The van der Waals surface area contributed by atoms with Crippen molar-refractivity contribution in [1.82, 2.24) is 10.9 Å². The predicted octanol–water partition coefficient (Wildman–Crippen LogP) is 1.21. The second-order valence-corrected chi connectivity index (χ2v) is 6.47. The molecule has 2 N–H and O–H groups in total. The van der Waals surface area contributed by atoms with Crippen LogP contribution in [-0.2, 0) is 25.5 Å². The summed E-state index contributed by atoms with van der Waals surface area (Å²) in [5.41, 5.74) is 5.45. The van der Waals surface area contributed by atoms with Gasteiger partial charge in [-0.25, -0.2) is 0 Å². The summed E-state index contributed by atoms with van der Waals surface area (Å²) in [6.45, 7) is -0.454. The van der Waals surface area contributed by atoms with Gasteiger partial charge in [-0.2, -0.15) is 11.3 Å². The van der Waals surface area contributed by atoms with E-state index in [2.05, 4.69) is 10.9 Å². The van der Waals surface area contributed by atoms with E-state index in [1.807, 2.05) is 16.8 Å². The fourth-order valence-corrected chi connectivity index (χ4v) is 3.00. The monoisotopic (exact) mass is 390 g/mol. The molecule has 1 aliphatic rings. The number of rotatable bonds is 6. The maximum atomic E-state index is 12.0. The first-order valence-corrected chi connectivity index (χ1v) is 9.20. The summed E-state index contributed by atoms with van der Waals surface area (Å²) >= 11 is 1.55. The average molecular weight is 390 g/mol. The molecular formula is C18H18N2O6S. The highest BCUT2D eigenvalue weighted by Gasteiger charge is 2.27. The van der Waals surface area contributed by atoms with Gasteiger partial charge in [0, 0.05) is 6.42 Å². The number of nitrogens with one attached hydrogen (secondary N) is 2. The van der Waals surface area contributed by atoms with Crippen molar-refractivity contribution in [1.29, 1.82) is 0 Å². The minimum absolute atomic E-state index is 0.0241. The zero-order chi connectivity index (χ0) is 19.1. The van der Waals surface area contributed by atoms with E-state index in [1.165, 1.54) is 0 Å². The summed E-state index contributed by atoms with van der Waals surface area (Å²) in [4.78, 5) is 35.4. The maximum absolute atomic E-state index is 12.0. The van der Waals surface area contributed by atoms with E-state index in [0.29, 0.717) is 17.9 Å². The van der Waals surface area contributed by atoms with Gasteiger partial charge in [0.2, 0.25) is 6.10 Å². The molecule has 2 amide bonds. The van der Waals surface area contributed by atoms with E-state index in [-0.39, 0.29) is 13.0 Å². The fraction of sp³-hybridized carbons (Fsp3) is 0.278. The molecule has 27 heavy (non-hydrogen) atoms. The Morgan fingerprint density at radius 3 is 2.74 bits per heavy atom. The van der Waals surface area contributed by atoms with Gasteiger partial charge in [0.15, 0.2) is 18.1 Å². The van der Waals surface area contributed by atoms with Gasteiger partial charge in [-0.15, -0.1) is 0 Å². The van der Waals surface area contributed by atoms with Crippen LogP contribution in [0.5, 0.6) is 11.5 Å². The van der Waals surface area contributed by atoms with Crippen LogP contribution in [0, 0.1) is 0 Å². The Bertz CT molecular complexity index is 808. The zero-order valence-electron chi connectivity index (χ0n) is 14.3. The number of carbonyl (C=O) groups is 3. The van der Waals surface area contributed by atoms with E-state index >= 15 is 0 Å². The largest absolute Gasteiger partial charge is 0.485 e. The Morgan fingerprint density at radius 2 is 1.96 bits per heavy atom. The zero-order valence-corrected chi connectivity index (χ0v) is 15.1. The third-order valence-corrected chi connectivity index (χ3v) is 4.42. The van der Waals surface area contributed by atoms with Crippen molar-refractivity contribution in [3.63, 3.8) is 0 Å². The number of thiophene rings is 1. The normalized spacial score (nSPS) is 14.9.